The van der Waals surface area contributed by atoms with Crippen LogP contribution in [0.15, 0.2) is 35.5 Å². The number of amides is 1. The van der Waals surface area contributed by atoms with Gasteiger partial charge in [-0.2, -0.15) is 9.40 Å². The van der Waals surface area contributed by atoms with Gasteiger partial charge in [-0.1, -0.05) is 0 Å². The molecule has 0 bridgehead atoms. The molecule has 0 spiro atoms. The lowest BCUT2D eigenvalue weighted by molar-refractivity contribution is -0.117. The lowest BCUT2D eigenvalue weighted by Crippen LogP contribution is -2.40. The first-order chi connectivity index (χ1) is 15.3. The third-order valence-corrected chi connectivity index (χ3v) is 8.11. The number of aromatic nitrogens is 2. The Morgan fingerprint density at radius 3 is 2.59 bits per heavy atom. The second-order valence-corrected chi connectivity index (χ2v) is 10.2. The third-order valence-electron chi connectivity index (χ3n) is 6.22. The maximum absolute atomic E-state index is 13.2. The van der Waals surface area contributed by atoms with E-state index in [0.717, 1.165) is 30.8 Å². The summed E-state index contributed by atoms with van der Waals surface area (Å²) < 4.78 is 34.8. The molecule has 2 aromatic rings. The van der Waals surface area contributed by atoms with E-state index in [1.807, 2.05) is 27.1 Å². The van der Waals surface area contributed by atoms with E-state index in [0.29, 0.717) is 32.0 Å². The largest absolute Gasteiger partial charge is 0.379 e. The Bertz CT molecular complexity index is 1070. The smallest absolute Gasteiger partial charge is 0.243 e. The summed E-state index contributed by atoms with van der Waals surface area (Å²) in [5.74, 6) is -0.0719. The Labute approximate surface area is 189 Å². The van der Waals surface area contributed by atoms with Crippen molar-refractivity contribution in [2.75, 3.05) is 49.6 Å². The van der Waals surface area contributed by atoms with E-state index in [4.69, 9.17) is 4.74 Å². The summed E-state index contributed by atoms with van der Waals surface area (Å²) in [5, 5.41) is 7.22. The summed E-state index contributed by atoms with van der Waals surface area (Å²) in [5.41, 5.74) is 2.41. The van der Waals surface area contributed by atoms with Crippen LogP contribution in [0.5, 0.6) is 0 Å². The number of nitrogens with zero attached hydrogens (tertiary/aromatic N) is 4. The lowest BCUT2D eigenvalue weighted by atomic mass is 10.2. The lowest BCUT2D eigenvalue weighted by Gasteiger charge is -2.28. The van der Waals surface area contributed by atoms with Gasteiger partial charge in [-0.15, -0.1) is 0 Å². The van der Waals surface area contributed by atoms with Gasteiger partial charge in [-0.05, 0) is 49.9 Å². The number of ether oxygens (including phenoxy) is 1. The van der Waals surface area contributed by atoms with Crippen LogP contribution < -0.4 is 10.2 Å². The number of rotatable bonds is 8. The maximum atomic E-state index is 13.2. The van der Waals surface area contributed by atoms with E-state index in [-0.39, 0.29) is 22.6 Å². The summed E-state index contributed by atoms with van der Waals surface area (Å²) >= 11 is 0. The molecule has 0 radical (unpaired) electrons. The number of carbonyl (C=O) groups excluding carboxylic acids is 1. The van der Waals surface area contributed by atoms with E-state index >= 15 is 0 Å². The van der Waals surface area contributed by atoms with Crippen molar-refractivity contribution in [1.82, 2.24) is 14.1 Å². The first kappa shape index (κ1) is 22.8. The summed E-state index contributed by atoms with van der Waals surface area (Å²) in [4.78, 5) is 15.3. The number of aryl methyl sites for hydroxylation is 1. The number of carbonyl (C=O) groups is 1. The van der Waals surface area contributed by atoms with Gasteiger partial charge in [0.05, 0.1) is 35.7 Å². The number of anilines is 2. The van der Waals surface area contributed by atoms with Crippen LogP contribution in [0.25, 0.3) is 0 Å². The minimum absolute atomic E-state index is 0.0896. The molecule has 9 nitrogen and oxygen atoms in total. The van der Waals surface area contributed by atoms with Gasteiger partial charge in [0.15, 0.2) is 0 Å². The zero-order valence-corrected chi connectivity index (χ0v) is 19.6. The Kier molecular flexibility index (Phi) is 6.55. The monoisotopic (exact) mass is 461 g/mol. The number of hydrogen-bond donors (Lipinski definition) is 1. The van der Waals surface area contributed by atoms with Crippen LogP contribution in [0.4, 0.5) is 11.4 Å². The van der Waals surface area contributed by atoms with Crippen molar-refractivity contribution in [2.45, 2.75) is 31.1 Å². The molecule has 1 aliphatic carbocycles. The highest BCUT2D eigenvalue weighted by atomic mass is 32.2. The number of hydrogen-bond acceptors (Lipinski definition) is 6. The number of nitrogens with one attached hydrogen (secondary N) is 1. The van der Waals surface area contributed by atoms with Crippen molar-refractivity contribution in [3.05, 3.63) is 36.2 Å². The van der Waals surface area contributed by atoms with E-state index < -0.39 is 10.0 Å². The van der Waals surface area contributed by atoms with Crippen molar-refractivity contribution >= 4 is 27.3 Å². The minimum atomic E-state index is -3.66. The predicted octanol–water partition coefficient (Wildman–Crippen LogP) is 2.03. The minimum Gasteiger partial charge on any atom is -0.379 e. The van der Waals surface area contributed by atoms with E-state index in [9.17, 15) is 13.2 Å². The molecule has 1 saturated carbocycles. The third kappa shape index (κ3) is 4.53. The molecule has 10 heteroatoms. The van der Waals surface area contributed by atoms with Gasteiger partial charge >= 0.3 is 0 Å². The highest BCUT2D eigenvalue weighted by Crippen LogP contribution is 2.48. The highest BCUT2D eigenvalue weighted by molar-refractivity contribution is 7.89. The molecule has 1 aromatic carbocycles. The highest BCUT2D eigenvalue weighted by Gasteiger charge is 2.45. The quantitative estimate of drug-likeness (QED) is 0.646. The molecule has 1 aliphatic heterocycles. The second-order valence-electron chi connectivity index (χ2n) is 8.25. The zero-order valence-electron chi connectivity index (χ0n) is 18.8. The van der Waals surface area contributed by atoms with Crippen LogP contribution in [0, 0.1) is 5.92 Å². The summed E-state index contributed by atoms with van der Waals surface area (Å²) in [6.07, 6.45) is 4.51. The molecule has 32 heavy (non-hydrogen) atoms. The Balaban J connectivity index is 1.59. The van der Waals surface area contributed by atoms with Gasteiger partial charge in [-0.3, -0.25) is 9.48 Å². The molecule has 1 amide bonds. The summed E-state index contributed by atoms with van der Waals surface area (Å²) in [7, 11) is -1.80. The van der Waals surface area contributed by atoms with Crippen LogP contribution >= 0.6 is 0 Å². The second kappa shape index (κ2) is 9.21. The van der Waals surface area contributed by atoms with Gasteiger partial charge in [0, 0.05) is 45.3 Å². The average Bonchev–Trinajstić information content (AvgIpc) is 3.49. The SMILES string of the molecule is CCN(CC)c1ccc(S(=O)(=O)N2CCOCC2)cc1NC(=O)C1CC1c1cnn(C)c1. The fourth-order valence-electron chi connectivity index (χ4n) is 4.26. The van der Waals surface area contributed by atoms with Crippen molar-refractivity contribution in [3.8, 4) is 0 Å². The molecule has 2 atom stereocenters. The number of morpholine rings is 1. The molecule has 1 saturated heterocycles. The van der Waals surface area contributed by atoms with Gasteiger partial charge in [0.2, 0.25) is 15.9 Å². The predicted molar refractivity (Wildman–Crippen MR) is 122 cm³/mol. The normalized spacial score (nSPS) is 21.3. The molecule has 4 rings (SSSR count). The molecule has 2 aliphatic rings. The van der Waals surface area contributed by atoms with Crippen LogP contribution in [0.1, 0.15) is 31.7 Å². The van der Waals surface area contributed by atoms with Crippen LogP contribution in [-0.4, -0.2) is 67.8 Å². The topological polar surface area (TPSA) is 96.8 Å². The summed E-state index contributed by atoms with van der Waals surface area (Å²) in [6.45, 7) is 7.00. The fourth-order valence-corrected chi connectivity index (χ4v) is 5.70. The molecule has 2 fully saturated rings. The summed E-state index contributed by atoms with van der Waals surface area (Å²) in [6, 6.07) is 5.02. The molecule has 1 aromatic heterocycles. The van der Waals surface area contributed by atoms with Crippen molar-refractivity contribution in [2.24, 2.45) is 13.0 Å². The Morgan fingerprint density at radius 2 is 1.97 bits per heavy atom. The van der Waals surface area contributed by atoms with Gasteiger partial charge in [0.1, 0.15) is 0 Å². The van der Waals surface area contributed by atoms with E-state index in [1.165, 1.54) is 4.31 Å². The first-order valence-corrected chi connectivity index (χ1v) is 12.6. The molecular weight excluding hydrogens is 430 g/mol. The van der Waals surface area contributed by atoms with Crippen molar-refractivity contribution < 1.29 is 17.9 Å². The van der Waals surface area contributed by atoms with Crippen LogP contribution in [0.3, 0.4) is 0 Å². The van der Waals surface area contributed by atoms with Gasteiger partial charge in [0.25, 0.3) is 0 Å². The Hall–Kier alpha value is -2.43. The van der Waals surface area contributed by atoms with Crippen molar-refractivity contribution in [3.63, 3.8) is 0 Å². The molecule has 2 heterocycles. The zero-order chi connectivity index (χ0) is 22.9. The molecule has 1 N–H and O–H groups in total. The Morgan fingerprint density at radius 1 is 1.25 bits per heavy atom. The average molecular weight is 462 g/mol. The standard InChI is InChI=1S/C22H31N5O4S/c1-4-26(5-2)21-7-6-17(32(29,30)27-8-10-31-11-9-27)12-20(21)24-22(28)19-13-18(19)16-14-23-25(3)15-16/h6-7,12,14-15,18-19H,4-5,8-11,13H2,1-3H3,(H,24,28). The first-order valence-electron chi connectivity index (χ1n) is 11.1. The van der Waals surface area contributed by atoms with Gasteiger partial charge < -0.3 is 15.0 Å². The molecule has 2 unspecified atom stereocenters. The number of sulfonamides is 1. The fraction of sp³-hybridized carbons (Fsp3) is 0.545. The van der Waals surface area contributed by atoms with Crippen LogP contribution in [0.2, 0.25) is 0 Å². The maximum Gasteiger partial charge on any atom is 0.243 e. The number of benzene rings is 1. The van der Waals surface area contributed by atoms with Gasteiger partial charge in [-0.25, -0.2) is 8.42 Å². The molecule has 174 valence electrons. The van der Waals surface area contributed by atoms with E-state index in [2.05, 4.69) is 15.3 Å². The van der Waals surface area contributed by atoms with Crippen molar-refractivity contribution in [1.29, 1.82) is 0 Å². The van der Waals surface area contributed by atoms with Crippen LogP contribution in [-0.2, 0) is 26.6 Å². The van der Waals surface area contributed by atoms with E-state index in [1.54, 1.807) is 29.1 Å². The molecular formula is C22H31N5O4S.